The normalized spacial score (nSPS) is 19.1. The van der Waals surface area contributed by atoms with Gasteiger partial charge in [-0.2, -0.15) is 22.0 Å². The molecule has 36 heavy (non-hydrogen) atoms. The molecule has 11 heteroatoms. The second-order valence-electron chi connectivity index (χ2n) is 9.36. The molecule has 4 heterocycles. The SMILES string of the molecule is FC(F)(F)C(F)(F)c1nc2cccnc2n1-c1ccc(OC2CCN(CC3CCOCC3)CC2)cc1. The number of benzene rings is 1. The molecule has 2 fully saturated rings. The van der Waals surface area contributed by atoms with Crippen molar-refractivity contribution in [2.45, 2.75) is 43.9 Å². The van der Waals surface area contributed by atoms with E-state index in [1.807, 2.05) is 0 Å². The van der Waals surface area contributed by atoms with Gasteiger partial charge in [0.05, 0.1) is 0 Å². The van der Waals surface area contributed by atoms with E-state index in [4.69, 9.17) is 9.47 Å². The Labute approximate surface area is 205 Å². The van der Waals surface area contributed by atoms with Gasteiger partial charge in [-0.3, -0.25) is 4.57 Å². The number of fused-ring (bicyclic) bond motifs is 1. The zero-order valence-corrected chi connectivity index (χ0v) is 19.6. The van der Waals surface area contributed by atoms with E-state index < -0.39 is 17.9 Å². The number of likely N-dealkylation sites (tertiary alicyclic amines) is 1. The first-order valence-corrected chi connectivity index (χ1v) is 12.1. The van der Waals surface area contributed by atoms with Crippen LogP contribution < -0.4 is 4.74 Å². The molecule has 0 unspecified atom stereocenters. The van der Waals surface area contributed by atoms with Crippen LogP contribution in [0.1, 0.15) is 31.5 Å². The molecule has 0 saturated carbocycles. The quantitative estimate of drug-likeness (QED) is 0.419. The monoisotopic (exact) mass is 510 g/mol. The molecule has 194 valence electrons. The Balaban J connectivity index is 1.29. The van der Waals surface area contributed by atoms with E-state index >= 15 is 0 Å². The number of pyridine rings is 1. The molecule has 2 aliphatic heterocycles. The number of hydrogen-bond acceptors (Lipinski definition) is 5. The van der Waals surface area contributed by atoms with Gasteiger partial charge < -0.3 is 14.4 Å². The van der Waals surface area contributed by atoms with E-state index in [1.54, 1.807) is 12.1 Å². The number of nitrogens with zero attached hydrogens (tertiary/aromatic N) is 4. The molecule has 0 aliphatic carbocycles. The van der Waals surface area contributed by atoms with Gasteiger partial charge in [-0.1, -0.05) is 0 Å². The summed E-state index contributed by atoms with van der Waals surface area (Å²) in [6.45, 7) is 4.61. The van der Waals surface area contributed by atoms with Gasteiger partial charge in [0.1, 0.15) is 17.4 Å². The van der Waals surface area contributed by atoms with Gasteiger partial charge in [0, 0.05) is 44.7 Å². The Hall–Kier alpha value is -2.79. The van der Waals surface area contributed by atoms with Crippen molar-refractivity contribution in [1.82, 2.24) is 19.4 Å². The minimum atomic E-state index is -5.80. The van der Waals surface area contributed by atoms with Crippen molar-refractivity contribution in [2.75, 3.05) is 32.8 Å². The molecule has 0 bridgehead atoms. The first-order chi connectivity index (χ1) is 17.2. The predicted molar refractivity (Wildman–Crippen MR) is 122 cm³/mol. The summed E-state index contributed by atoms with van der Waals surface area (Å²) in [5.74, 6) is -5.37. The Morgan fingerprint density at radius 1 is 0.944 bits per heavy atom. The van der Waals surface area contributed by atoms with Crippen molar-refractivity contribution in [1.29, 1.82) is 0 Å². The summed E-state index contributed by atoms with van der Waals surface area (Å²) < 4.78 is 80.5. The van der Waals surface area contributed by atoms with Gasteiger partial charge >= 0.3 is 12.1 Å². The molecule has 0 spiro atoms. The lowest BCUT2D eigenvalue weighted by Gasteiger charge is -2.35. The third kappa shape index (κ3) is 5.04. The number of aromatic nitrogens is 3. The van der Waals surface area contributed by atoms with E-state index in [2.05, 4.69) is 14.9 Å². The highest BCUT2D eigenvalue weighted by molar-refractivity contribution is 5.74. The van der Waals surface area contributed by atoms with Crippen LogP contribution in [0.15, 0.2) is 42.6 Å². The molecule has 3 aromatic rings. The Bertz CT molecular complexity index is 1170. The summed E-state index contributed by atoms with van der Waals surface area (Å²) in [5.41, 5.74) is -0.0417. The molecule has 5 rings (SSSR count). The summed E-state index contributed by atoms with van der Waals surface area (Å²) in [6, 6.07) is 8.83. The highest BCUT2D eigenvalue weighted by Crippen LogP contribution is 2.44. The first-order valence-electron chi connectivity index (χ1n) is 12.1. The summed E-state index contributed by atoms with van der Waals surface area (Å²) in [4.78, 5) is 10.0. The number of halogens is 5. The predicted octanol–water partition coefficient (Wildman–Crippen LogP) is 5.34. The number of hydrogen-bond donors (Lipinski definition) is 0. The number of piperidine rings is 1. The third-order valence-corrected chi connectivity index (χ3v) is 6.84. The second kappa shape index (κ2) is 9.93. The zero-order chi connectivity index (χ0) is 25.3. The highest BCUT2D eigenvalue weighted by atomic mass is 19.4. The molecule has 2 saturated heterocycles. The molecule has 0 N–H and O–H groups in total. The topological polar surface area (TPSA) is 52.4 Å². The number of rotatable bonds is 6. The van der Waals surface area contributed by atoms with Crippen molar-refractivity contribution >= 4 is 11.2 Å². The van der Waals surface area contributed by atoms with Gasteiger partial charge in [-0.05, 0) is 68.0 Å². The zero-order valence-electron chi connectivity index (χ0n) is 19.6. The summed E-state index contributed by atoms with van der Waals surface area (Å²) in [7, 11) is 0. The molecule has 0 radical (unpaired) electrons. The van der Waals surface area contributed by atoms with Crippen molar-refractivity contribution in [3.63, 3.8) is 0 Å². The summed E-state index contributed by atoms with van der Waals surface area (Å²) >= 11 is 0. The fourth-order valence-corrected chi connectivity index (χ4v) is 4.86. The van der Waals surface area contributed by atoms with Crippen LogP contribution in [0.25, 0.3) is 16.9 Å². The molecule has 2 aromatic heterocycles. The van der Waals surface area contributed by atoms with Crippen LogP contribution in [0.3, 0.4) is 0 Å². The van der Waals surface area contributed by atoms with Crippen LogP contribution in [0.2, 0.25) is 0 Å². The Morgan fingerprint density at radius 3 is 2.31 bits per heavy atom. The summed E-state index contributed by atoms with van der Waals surface area (Å²) in [6.07, 6.45) is -0.534. The smallest absolute Gasteiger partial charge is 0.461 e. The fraction of sp³-hybridized carbons (Fsp3) is 0.520. The van der Waals surface area contributed by atoms with Crippen molar-refractivity contribution in [2.24, 2.45) is 5.92 Å². The van der Waals surface area contributed by atoms with Gasteiger partial charge in [0.15, 0.2) is 11.5 Å². The summed E-state index contributed by atoms with van der Waals surface area (Å²) in [5, 5.41) is 0. The van der Waals surface area contributed by atoms with Crippen molar-refractivity contribution < 1.29 is 31.4 Å². The Kier molecular flexibility index (Phi) is 6.86. The molecule has 0 amide bonds. The van der Waals surface area contributed by atoms with Crippen LogP contribution in [-0.4, -0.2) is 64.6 Å². The molecular weight excluding hydrogens is 483 g/mol. The lowest BCUT2D eigenvalue weighted by molar-refractivity contribution is -0.292. The first kappa shape index (κ1) is 24.9. The highest BCUT2D eigenvalue weighted by Gasteiger charge is 2.62. The van der Waals surface area contributed by atoms with E-state index in [9.17, 15) is 22.0 Å². The molecule has 6 nitrogen and oxygen atoms in total. The number of ether oxygens (including phenoxy) is 2. The maximum absolute atomic E-state index is 14.3. The average molecular weight is 511 g/mol. The standard InChI is InChI=1S/C25H27F5N4O2/c26-24(27,25(28,29)30)23-32-21-2-1-11-31-22(21)34(23)18-3-5-19(6-4-18)36-20-7-12-33(13-8-20)16-17-9-14-35-15-10-17/h1-6,11,17,20H,7-10,12-16H2. The van der Waals surface area contributed by atoms with E-state index in [0.29, 0.717) is 11.7 Å². The van der Waals surface area contributed by atoms with Gasteiger partial charge in [0.25, 0.3) is 0 Å². The molecule has 2 aliphatic rings. The van der Waals surface area contributed by atoms with Crippen LogP contribution in [0.4, 0.5) is 22.0 Å². The van der Waals surface area contributed by atoms with Crippen molar-refractivity contribution in [3.8, 4) is 11.4 Å². The minimum Gasteiger partial charge on any atom is -0.490 e. The van der Waals surface area contributed by atoms with E-state index in [0.717, 1.165) is 63.1 Å². The van der Waals surface area contributed by atoms with Gasteiger partial charge in [-0.25, -0.2) is 9.97 Å². The second-order valence-corrected chi connectivity index (χ2v) is 9.36. The van der Waals surface area contributed by atoms with Crippen LogP contribution >= 0.6 is 0 Å². The van der Waals surface area contributed by atoms with E-state index in [1.165, 1.54) is 30.5 Å². The lowest BCUT2D eigenvalue weighted by atomic mass is 9.98. The largest absolute Gasteiger partial charge is 0.490 e. The maximum atomic E-state index is 14.3. The van der Waals surface area contributed by atoms with Gasteiger partial charge in [0.2, 0.25) is 0 Å². The third-order valence-electron chi connectivity index (χ3n) is 6.84. The molecule has 0 atom stereocenters. The maximum Gasteiger partial charge on any atom is 0.461 e. The van der Waals surface area contributed by atoms with E-state index in [-0.39, 0.29) is 23.0 Å². The lowest BCUT2D eigenvalue weighted by Crippen LogP contribution is -2.41. The molecular formula is C25H27F5N4O2. The molecule has 1 aromatic carbocycles. The van der Waals surface area contributed by atoms with Crippen LogP contribution in [0.5, 0.6) is 5.75 Å². The fourth-order valence-electron chi connectivity index (χ4n) is 4.86. The number of alkyl halides is 5. The average Bonchev–Trinajstić information content (AvgIpc) is 3.26. The van der Waals surface area contributed by atoms with Crippen LogP contribution in [0, 0.1) is 5.92 Å². The van der Waals surface area contributed by atoms with Gasteiger partial charge in [-0.15, -0.1) is 0 Å². The minimum absolute atomic E-state index is 0.0163. The van der Waals surface area contributed by atoms with Crippen LogP contribution in [-0.2, 0) is 10.7 Å². The Morgan fingerprint density at radius 2 is 1.64 bits per heavy atom. The number of imidazole rings is 1. The van der Waals surface area contributed by atoms with Crippen molar-refractivity contribution in [3.05, 3.63) is 48.4 Å².